The highest BCUT2D eigenvalue weighted by molar-refractivity contribution is 5.97. The number of carbonyl (C=O) groups excluding carboxylic acids is 2. The van der Waals surface area contributed by atoms with E-state index < -0.39 is 0 Å². The molecule has 2 aliphatic rings. The molecule has 1 aromatic rings. The van der Waals surface area contributed by atoms with E-state index in [-0.39, 0.29) is 35.6 Å². The Bertz CT molecular complexity index is 581. The molecule has 126 valence electrons. The number of anilines is 2. The summed E-state index contributed by atoms with van der Waals surface area (Å²) in [6.07, 6.45) is 3.87. The van der Waals surface area contributed by atoms with Gasteiger partial charge in [-0.25, -0.2) is 0 Å². The number of carbonyl (C=O) groups is 2. The molecule has 1 aromatic carbocycles. The predicted octanol–water partition coefficient (Wildman–Crippen LogP) is 2.79. The van der Waals surface area contributed by atoms with Gasteiger partial charge in [-0.15, -0.1) is 12.4 Å². The Morgan fingerprint density at radius 3 is 2.52 bits per heavy atom. The van der Waals surface area contributed by atoms with Gasteiger partial charge in [-0.2, -0.15) is 0 Å². The van der Waals surface area contributed by atoms with Crippen LogP contribution >= 0.6 is 12.4 Å². The average Bonchev–Trinajstić information content (AvgIpc) is 3.33. The van der Waals surface area contributed by atoms with Gasteiger partial charge in [0, 0.05) is 23.8 Å². The summed E-state index contributed by atoms with van der Waals surface area (Å²) in [6.45, 7) is 3.68. The van der Waals surface area contributed by atoms with Crippen molar-refractivity contribution in [2.75, 3.05) is 23.7 Å². The molecule has 2 amide bonds. The van der Waals surface area contributed by atoms with E-state index in [1.54, 1.807) is 0 Å². The standard InChI is InChI=1S/C17H23N3O2.ClH/c1-17(8-3-9-18-11-17)16(22)20-14-5-2-4-13(10-14)19-15(21)12-6-7-12;/h2,4-5,10,12,18H,3,6-9,11H2,1H3,(H,19,21)(H,20,22);1H. The number of amides is 2. The van der Waals surface area contributed by atoms with Gasteiger partial charge in [0.2, 0.25) is 11.8 Å². The molecule has 5 nitrogen and oxygen atoms in total. The maximum absolute atomic E-state index is 12.5. The topological polar surface area (TPSA) is 70.2 Å². The van der Waals surface area contributed by atoms with Crippen LogP contribution < -0.4 is 16.0 Å². The molecule has 0 spiro atoms. The highest BCUT2D eigenvalue weighted by Gasteiger charge is 2.34. The maximum atomic E-state index is 12.5. The Morgan fingerprint density at radius 2 is 1.91 bits per heavy atom. The fourth-order valence-corrected chi connectivity index (χ4v) is 2.80. The van der Waals surface area contributed by atoms with Crippen LogP contribution in [0.1, 0.15) is 32.6 Å². The third kappa shape index (κ3) is 4.45. The van der Waals surface area contributed by atoms with E-state index in [0.29, 0.717) is 6.54 Å². The van der Waals surface area contributed by atoms with Crippen molar-refractivity contribution in [3.63, 3.8) is 0 Å². The Hall–Kier alpha value is -1.59. The Morgan fingerprint density at radius 1 is 1.22 bits per heavy atom. The second-order valence-electron chi connectivity index (χ2n) is 6.64. The van der Waals surface area contributed by atoms with Crippen molar-refractivity contribution >= 4 is 35.6 Å². The molecule has 0 aromatic heterocycles. The molecule has 1 unspecified atom stereocenters. The first kappa shape index (κ1) is 17.8. The van der Waals surface area contributed by atoms with E-state index in [2.05, 4.69) is 16.0 Å². The van der Waals surface area contributed by atoms with Crippen molar-refractivity contribution in [2.45, 2.75) is 32.6 Å². The summed E-state index contributed by atoms with van der Waals surface area (Å²) in [5.41, 5.74) is 1.10. The van der Waals surface area contributed by atoms with E-state index in [1.165, 1.54) is 0 Å². The summed E-state index contributed by atoms with van der Waals surface area (Å²) in [5, 5.41) is 9.17. The molecule has 1 aliphatic carbocycles. The summed E-state index contributed by atoms with van der Waals surface area (Å²) in [5.74, 6) is 0.280. The quantitative estimate of drug-likeness (QED) is 0.791. The van der Waals surface area contributed by atoms with Gasteiger partial charge in [-0.3, -0.25) is 9.59 Å². The summed E-state index contributed by atoms with van der Waals surface area (Å²) >= 11 is 0. The van der Waals surface area contributed by atoms with Crippen molar-refractivity contribution in [3.8, 4) is 0 Å². The van der Waals surface area contributed by atoms with Gasteiger partial charge in [0.1, 0.15) is 0 Å². The molecule has 1 heterocycles. The van der Waals surface area contributed by atoms with Crippen LogP contribution in [0.25, 0.3) is 0 Å². The van der Waals surface area contributed by atoms with Gasteiger partial charge in [0.15, 0.2) is 0 Å². The third-order valence-corrected chi connectivity index (χ3v) is 4.48. The molecule has 3 rings (SSSR count). The number of benzene rings is 1. The third-order valence-electron chi connectivity index (χ3n) is 4.48. The molecule has 1 atom stereocenters. The zero-order valence-corrected chi connectivity index (χ0v) is 14.2. The van der Waals surface area contributed by atoms with Crippen LogP contribution in [-0.2, 0) is 9.59 Å². The van der Waals surface area contributed by atoms with Crippen LogP contribution in [0.3, 0.4) is 0 Å². The molecule has 0 bridgehead atoms. The lowest BCUT2D eigenvalue weighted by Gasteiger charge is -2.32. The Labute approximate surface area is 143 Å². The largest absolute Gasteiger partial charge is 0.326 e. The highest BCUT2D eigenvalue weighted by atomic mass is 35.5. The summed E-state index contributed by atoms with van der Waals surface area (Å²) in [6, 6.07) is 7.36. The summed E-state index contributed by atoms with van der Waals surface area (Å²) in [4.78, 5) is 24.3. The van der Waals surface area contributed by atoms with E-state index >= 15 is 0 Å². The minimum atomic E-state index is -0.370. The van der Waals surface area contributed by atoms with Gasteiger partial charge in [-0.05, 0) is 57.4 Å². The van der Waals surface area contributed by atoms with Crippen molar-refractivity contribution < 1.29 is 9.59 Å². The van der Waals surface area contributed by atoms with Crippen LogP contribution in [0, 0.1) is 11.3 Å². The van der Waals surface area contributed by atoms with Crippen molar-refractivity contribution in [2.24, 2.45) is 11.3 Å². The van der Waals surface area contributed by atoms with E-state index in [4.69, 9.17) is 0 Å². The van der Waals surface area contributed by atoms with Crippen LogP contribution in [0.5, 0.6) is 0 Å². The SMILES string of the molecule is CC1(C(=O)Nc2cccc(NC(=O)C3CC3)c2)CCCNC1.Cl. The number of halogens is 1. The van der Waals surface area contributed by atoms with E-state index in [1.807, 2.05) is 31.2 Å². The van der Waals surface area contributed by atoms with Crippen molar-refractivity contribution in [1.29, 1.82) is 0 Å². The molecule has 1 saturated carbocycles. The average molecular weight is 338 g/mol. The van der Waals surface area contributed by atoms with Crippen LogP contribution in [-0.4, -0.2) is 24.9 Å². The van der Waals surface area contributed by atoms with Gasteiger partial charge in [0.25, 0.3) is 0 Å². The number of hydrogen-bond donors (Lipinski definition) is 3. The first-order chi connectivity index (χ1) is 10.6. The molecule has 23 heavy (non-hydrogen) atoms. The van der Waals surface area contributed by atoms with Crippen LogP contribution in [0.4, 0.5) is 11.4 Å². The first-order valence-electron chi connectivity index (χ1n) is 8.00. The zero-order valence-electron chi connectivity index (χ0n) is 13.4. The monoisotopic (exact) mass is 337 g/mol. The highest BCUT2D eigenvalue weighted by Crippen LogP contribution is 2.31. The lowest BCUT2D eigenvalue weighted by atomic mass is 9.82. The zero-order chi connectivity index (χ0) is 15.6. The van der Waals surface area contributed by atoms with Gasteiger partial charge in [0.05, 0.1) is 5.41 Å². The second-order valence-corrected chi connectivity index (χ2v) is 6.64. The van der Waals surface area contributed by atoms with Crippen molar-refractivity contribution in [3.05, 3.63) is 24.3 Å². The number of nitrogens with one attached hydrogen (secondary N) is 3. The summed E-state index contributed by atoms with van der Waals surface area (Å²) < 4.78 is 0. The minimum Gasteiger partial charge on any atom is -0.326 e. The maximum Gasteiger partial charge on any atom is 0.231 e. The minimum absolute atomic E-state index is 0. The van der Waals surface area contributed by atoms with Gasteiger partial charge in [-0.1, -0.05) is 6.07 Å². The fourth-order valence-electron chi connectivity index (χ4n) is 2.80. The van der Waals surface area contributed by atoms with Crippen LogP contribution in [0.15, 0.2) is 24.3 Å². The number of hydrogen-bond acceptors (Lipinski definition) is 3. The molecule has 0 radical (unpaired) electrons. The lowest BCUT2D eigenvalue weighted by molar-refractivity contribution is -0.125. The normalized spacial score (nSPS) is 23.5. The van der Waals surface area contributed by atoms with Crippen LogP contribution in [0.2, 0.25) is 0 Å². The van der Waals surface area contributed by atoms with Crippen molar-refractivity contribution in [1.82, 2.24) is 5.32 Å². The van der Waals surface area contributed by atoms with E-state index in [0.717, 1.165) is 43.6 Å². The fraction of sp³-hybridized carbons (Fsp3) is 0.529. The lowest BCUT2D eigenvalue weighted by Crippen LogP contribution is -2.46. The Kier molecular flexibility index (Phi) is 5.65. The predicted molar refractivity (Wildman–Crippen MR) is 93.9 cm³/mol. The molecule has 6 heteroatoms. The molecular formula is C17H24ClN3O2. The number of rotatable bonds is 4. The van der Waals surface area contributed by atoms with Gasteiger partial charge >= 0.3 is 0 Å². The molecular weight excluding hydrogens is 314 g/mol. The molecule has 1 aliphatic heterocycles. The molecule has 1 saturated heterocycles. The van der Waals surface area contributed by atoms with E-state index in [9.17, 15) is 9.59 Å². The summed E-state index contributed by atoms with van der Waals surface area (Å²) in [7, 11) is 0. The smallest absolute Gasteiger partial charge is 0.231 e. The molecule has 3 N–H and O–H groups in total. The second kappa shape index (κ2) is 7.32. The Balaban J connectivity index is 0.00000192. The first-order valence-corrected chi connectivity index (χ1v) is 8.00. The molecule has 2 fully saturated rings. The van der Waals surface area contributed by atoms with Gasteiger partial charge < -0.3 is 16.0 Å². The number of piperidine rings is 1.